The van der Waals surface area contributed by atoms with Gasteiger partial charge in [-0.15, -0.1) is 0 Å². The summed E-state index contributed by atoms with van der Waals surface area (Å²) in [6.45, 7) is 0.924. The van der Waals surface area contributed by atoms with Crippen molar-refractivity contribution in [2.45, 2.75) is 51.4 Å². The molecule has 14 heavy (non-hydrogen) atoms. The van der Waals surface area contributed by atoms with E-state index in [1.165, 1.54) is 44.9 Å². The Kier molecular flexibility index (Phi) is 2.12. The normalized spacial score (nSPS) is 50.8. The second kappa shape index (κ2) is 3.23. The molecule has 2 atom stereocenters. The van der Waals surface area contributed by atoms with Crippen molar-refractivity contribution >= 4 is 0 Å². The van der Waals surface area contributed by atoms with Gasteiger partial charge in [0.25, 0.3) is 0 Å². The van der Waals surface area contributed by atoms with E-state index in [0.717, 1.165) is 24.3 Å². The highest BCUT2D eigenvalue weighted by atomic mass is 14.6. The highest BCUT2D eigenvalue weighted by Crippen LogP contribution is 2.63. The van der Waals surface area contributed by atoms with Crippen LogP contribution in [0, 0.1) is 23.2 Å². The van der Waals surface area contributed by atoms with Crippen LogP contribution in [-0.4, -0.2) is 6.54 Å². The molecule has 2 bridgehead atoms. The van der Waals surface area contributed by atoms with Crippen molar-refractivity contribution in [1.29, 1.82) is 0 Å². The van der Waals surface area contributed by atoms with Crippen molar-refractivity contribution in [3.05, 3.63) is 0 Å². The molecule has 0 amide bonds. The molecule has 0 aromatic rings. The Bertz CT molecular complexity index is 210. The van der Waals surface area contributed by atoms with Gasteiger partial charge in [-0.2, -0.15) is 0 Å². The summed E-state index contributed by atoms with van der Waals surface area (Å²) in [5.41, 5.74) is 6.53. The van der Waals surface area contributed by atoms with E-state index in [-0.39, 0.29) is 0 Å². The molecule has 2 N–H and O–H groups in total. The number of rotatable bonds is 2. The van der Waals surface area contributed by atoms with Gasteiger partial charge >= 0.3 is 0 Å². The highest BCUT2D eigenvalue weighted by molar-refractivity contribution is 5.03. The molecule has 0 saturated heterocycles. The van der Waals surface area contributed by atoms with Crippen LogP contribution in [0.25, 0.3) is 0 Å². The van der Waals surface area contributed by atoms with Crippen molar-refractivity contribution in [1.82, 2.24) is 0 Å². The van der Waals surface area contributed by atoms with Gasteiger partial charge in [0.1, 0.15) is 0 Å². The van der Waals surface area contributed by atoms with Crippen LogP contribution < -0.4 is 5.73 Å². The van der Waals surface area contributed by atoms with Gasteiger partial charge in [0.15, 0.2) is 0 Å². The molecule has 0 aromatic heterocycles. The fourth-order valence-corrected chi connectivity index (χ4v) is 5.05. The van der Waals surface area contributed by atoms with Gasteiger partial charge in [-0.3, -0.25) is 0 Å². The van der Waals surface area contributed by atoms with Crippen LogP contribution in [0.2, 0.25) is 0 Å². The van der Waals surface area contributed by atoms with Gasteiger partial charge < -0.3 is 5.73 Å². The summed E-state index contributed by atoms with van der Waals surface area (Å²) in [4.78, 5) is 0. The summed E-state index contributed by atoms with van der Waals surface area (Å²) in [6.07, 6.45) is 12.0. The second-order valence-electron chi connectivity index (χ2n) is 5.94. The Morgan fingerprint density at radius 2 is 1.86 bits per heavy atom. The zero-order valence-electron chi connectivity index (χ0n) is 9.17. The first kappa shape index (κ1) is 9.21. The Balaban J connectivity index is 1.88. The molecule has 4 fully saturated rings. The van der Waals surface area contributed by atoms with E-state index in [4.69, 9.17) is 5.73 Å². The largest absolute Gasteiger partial charge is 0.330 e. The predicted molar refractivity (Wildman–Crippen MR) is 58.9 cm³/mol. The first-order valence-electron chi connectivity index (χ1n) is 6.56. The Hall–Kier alpha value is -0.0400. The maximum atomic E-state index is 5.82. The van der Waals surface area contributed by atoms with Gasteiger partial charge in [0.05, 0.1) is 0 Å². The molecular formula is C13H23N. The smallest absolute Gasteiger partial charge is 0.00719 e. The van der Waals surface area contributed by atoms with Gasteiger partial charge in [-0.1, -0.05) is 6.42 Å². The fraction of sp³-hybridized carbons (Fsp3) is 1.00. The fourth-order valence-electron chi connectivity index (χ4n) is 5.05. The standard InChI is InChI=1S/C13H23N/c14-9-8-13-6-4-10(5-7-13)11-2-1-3-12(11)13/h10-12H,1-9,14H2. The Morgan fingerprint density at radius 3 is 2.57 bits per heavy atom. The number of nitrogens with two attached hydrogens (primary N) is 1. The zero-order chi connectivity index (χ0) is 9.60. The van der Waals surface area contributed by atoms with Gasteiger partial charge in [0, 0.05) is 0 Å². The third-order valence-corrected chi connectivity index (χ3v) is 5.63. The van der Waals surface area contributed by atoms with E-state index in [0.29, 0.717) is 5.41 Å². The first-order chi connectivity index (χ1) is 6.86. The summed E-state index contributed by atoms with van der Waals surface area (Å²) < 4.78 is 0. The molecule has 1 nitrogen and oxygen atoms in total. The van der Waals surface area contributed by atoms with Gasteiger partial charge in [-0.05, 0) is 74.7 Å². The predicted octanol–water partition coefficient (Wildman–Crippen LogP) is 2.94. The minimum absolute atomic E-state index is 0.713. The number of hydrogen-bond acceptors (Lipinski definition) is 1. The van der Waals surface area contributed by atoms with Crippen LogP contribution in [0.1, 0.15) is 51.4 Å². The Morgan fingerprint density at radius 1 is 1.07 bits per heavy atom. The summed E-state index contributed by atoms with van der Waals surface area (Å²) in [6, 6.07) is 0. The van der Waals surface area contributed by atoms with Crippen LogP contribution in [0.15, 0.2) is 0 Å². The van der Waals surface area contributed by atoms with E-state index in [1.54, 1.807) is 6.42 Å². The molecule has 0 aliphatic heterocycles. The molecule has 0 radical (unpaired) electrons. The average molecular weight is 193 g/mol. The quantitative estimate of drug-likeness (QED) is 0.717. The summed E-state index contributed by atoms with van der Waals surface area (Å²) >= 11 is 0. The van der Waals surface area contributed by atoms with Crippen LogP contribution in [0.5, 0.6) is 0 Å². The van der Waals surface area contributed by atoms with E-state index in [1.807, 2.05) is 0 Å². The molecule has 2 unspecified atom stereocenters. The third kappa shape index (κ3) is 1.11. The van der Waals surface area contributed by atoms with Crippen molar-refractivity contribution in [3.63, 3.8) is 0 Å². The van der Waals surface area contributed by atoms with Crippen LogP contribution in [-0.2, 0) is 0 Å². The lowest BCUT2D eigenvalue weighted by Gasteiger charge is -2.55. The minimum atomic E-state index is 0.713. The molecule has 4 saturated carbocycles. The molecule has 4 aliphatic rings. The van der Waals surface area contributed by atoms with Gasteiger partial charge in [0.2, 0.25) is 0 Å². The summed E-state index contributed by atoms with van der Waals surface area (Å²) in [5, 5.41) is 0. The van der Waals surface area contributed by atoms with Crippen LogP contribution >= 0.6 is 0 Å². The van der Waals surface area contributed by atoms with Crippen molar-refractivity contribution < 1.29 is 0 Å². The lowest BCUT2D eigenvalue weighted by Crippen LogP contribution is -2.47. The summed E-state index contributed by atoms with van der Waals surface area (Å²) in [5.74, 6) is 3.31. The monoisotopic (exact) mass is 193 g/mol. The van der Waals surface area contributed by atoms with E-state index < -0.39 is 0 Å². The van der Waals surface area contributed by atoms with Gasteiger partial charge in [-0.25, -0.2) is 0 Å². The molecular weight excluding hydrogens is 170 g/mol. The van der Waals surface area contributed by atoms with Crippen molar-refractivity contribution in [2.24, 2.45) is 28.9 Å². The molecule has 0 spiro atoms. The minimum Gasteiger partial charge on any atom is -0.330 e. The highest BCUT2D eigenvalue weighted by Gasteiger charge is 2.53. The van der Waals surface area contributed by atoms with E-state index >= 15 is 0 Å². The molecule has 80 valence electrons. The van der Waals surface area contributed by atoms with Crippen LogP contribution in [0.3, 0.4) is 0 Å². The van der Waals surface area contributed by atoms with E-state index in [9.17, 15) is 0 Å². The maximum absolute atomic E-state index is 5.82. The van der Waals surface area contributed by atoms with Crippen LogP contribution in [0.4, 0.5) is 0 Å². The van der Waals surface area contributed by atoms with Crippen molar-refractivity contribution in [2.75, 3.05) is 6.54 Å². The number of fused-ring (bicyclic) bond motifs is 2. The zero-order valence-corrected chi connectivity index (χ0v) is 9.17. The maximum Gasteiger partial charge on any atom is -0.00719 e. The number of hydrogen-bond donors (Lipinski definition) is 1. The SMILES string of the molecule is NCCC12CCC(CC1)C1CCCC12. The molecule has 4 rings (SSSR count). The molecule has 4 aliphatic carbocycles. The molecule has 0 heterocycles. The lowest BCUT2D eigenvalue weighted by atomic mass is 9.50. The molecule has 0 aromatic carbocycles. The average Bonchev–Trinajstić information content (AvgIpc) is 2.70. The summed E-state index contributed by atoms with van der Waals surface area (Å²) in [7, 11) is 0. The molecule has 1 heteroatoms. The first-order valence-corrected chi connectivity index (χ1v) is 6.56. The topological polar surface area (TPSA) is 26.0 Å². The Labute approximate surface area is 87.4 Å². The lowest BCUT2D eigenvalue weighted by molar-refractivity contribution is -0.0474. The second-order valence-corrected chi connectivity index (χ2v) is 5.94. The third-order valence-electron chi connectivity index (χ3n) is 5.63. The van der Waals surface area contributed by atoms with Crippen molar-refractivity contribution in [3.8, 4) is 0 Å². The van der Waals surface area contributed by atoms with E-state index in [2.05, 4.69) is 0 Å².